The van der Waals surface area contributed by atoms with Crippen LogP contribution < -0.4 is 15.8 Å². The van der Waals surface area contributed by atoms with Crippen molar-refractivity contribution in [1.29, 1.82) is 0 Å². The van der Waals surface area contributed by atoms with Crippen molar-refractivity contribution in [3.8, 4) is 0 Å². The van der Waals surface area contributed by atoms with E-state index in [1.165, 1.54) is 12.1 Å². The Morgan fingerprint density at radius 1 is 1.43 bits per heavy atom. The molecule has 0 atom stereocenters. The summed E-state index contributed by atoms with van der Waals surface area (Å²) >= 11 is 0. The number of primary amides is 1. The second kappa shape index (κ2) is 6.99. The minimum absolute atomic E-state index is 0.195. The molecule has 0 aromatic heterocycles. The lowest BCUT2D eigenvalue weighted by Gasteiger charge is -2.09. The van der Waals surface area contributed by atoms with Crippen LogP contribution in [0.25, 0.3) is 0 Å². The standard InChI is InChI=1S/C11H16N4O5S/c1-2-13-8-3-4-9(15(17)18)10(7-8)21(19,20)14-6-5-11(12)16/h3-4,7,13-14H,2,5-6H2,1H3,(H2,12,16). The highest BCUT2D eigenvalue weighted by molar-refractivity contribution is 7.89. The Morgan fingerprint density at radius 3 is 2.62 bits per heavy atom. The fourth-order valence-corrected chi connectivity index (χ4v) is 2.81. The lowest BCUT2D eigenvalue weighted by Crippen LogP contribution is -2.28. The van der Waals surface area contributed by atoms with Gasteiger partial charge in [-0.25, -0.2) is 13.1 Å². The summed E-state index contributed by atoms with van der Waals surface area (Å²) in [5, 5.41) is 13.8. The van der Waals surface area contributed by atoms with E-state index >= 15 is 0 Å². The number of rotatable bonds is 8. The number of nitrogens with two attached hydrogens (primary N) is 1. The van der Waals surface area contributed by atoms with Gasteiger partial charge in [0.25, 0.3) is 5.69 Å². The van der Waals surface area contributed by atoms with Crippen molar-refractivity contribution < 1.29 is 18.1 Å². The average Bonchev–Trinajstić information content (AvgIpc) is 2.38. The van der Waals surface area contributed by atoms with Gasteiger partial charge in [-0.05, 0) is 19.1 Å². The first kappa shape index (κ1) is 16.9. The molecule has 0 aliphatic heterocycles. The maximum Gasteiger partial charge on any atom is 0.289 e. The van der Waals surface area contributed by atoms with Crippen LogP contribution in [-0.4, -0.2) is 32.3 Å². The molecule has 0 radical (unpaired) electrons. The van der Waals surface area contributed by atoms with Gasteiger partial charge in [0.15, 0.2) is 4.90 Å². The molecule has 1 aromatic rings. The smallest absolute Gasteiger partial charge is 0.289 e. The van der Waals surface area contributed by atoms with Crippen molar-refractivity contribution in [2.45, 2.75) is 18.2 Å². The minimum atomic E-state index is -4.11. The molecular formula is C11H16N4O5S. The van der Waals surface area contributed by atoms with Crippen LogP contribution >= 0.6 is 0 Å². The Kier molecular flexibility index (Phi) is 5.61. The number of amides is 1. The summed E-state index contributed by atoms with van der Waals surface area (Å²) in [6.45, 7) is 2.12. The normalized spacial score (nSPS) is 11.1. The third kappa shape index (κ3) is 4.68. The van der Waals surface area contributed by atoms with Gasteiger partial charge in [0.1, 0.15) is 0 Å². The lowest BCUT2D eigenvalue weighted by atomic mass is 10.3. The van der Waals surface area contributed by atoms with Gasteiger partial charge < -0.3 is 11.1 Å². The highest BCUT2D eigenvalue weighted by atomic mass is 32.2. The first-order valence-electron chi connectivity index (χ1n) is 6.08. The highest BCUT2D eigenvalue weighted by Crippen LogP contribution is 2.26. The molecule has 0 unspecified atom stereocenters. The number of sulfonamides is 1. The van der Waals surface area contributed by atoms with Crippen molar-refractivity contribution in [3.63, 3.8) is 0 Å². The van der Waals surface area contributed by atoms with Gasteiger partial charge in [0.2, 0.25) is 15.9 Å². The Labute approximate surface area is 121 Å². The number of nitrogens with zero attached hydrogens (tertiary/aromatic N) is 1. The number of nitro benzene ring substituents is 1. The fraction of sp³-hybridized carbons (Fsp3) is 0.364. The first-order chi connectivity index (χ1) is 9.77. The molecule has 10 heteroatoms. The van der Waals surface area contributed by atoms with E-state index in [1.54, 1.807) is 6.92 Å². The van der Waals surface area contributed by atoms with E-state index in [-0.39, 0.29) is 13.0 Å². The fourth-order valence-electron chi connectivity index (χ4n) is 1.58. The third-order valence-electron chi connectivity index (χ3n) is 2.49. The number of carbonyl (C=O) groups excluding carboxylic acids is 1. The van der Waals surface area contributed by atoms with Crippen molar-refractivity contribution in [2.75, 3.05) is 18.4 Å². The minimum Gasteiger partial charge on any atom is -0.385 e. The van der Waals surface area contributed by atoms with E-state index in [9.17, 15) is 23.3 Å². The van der Waals surface area contributed by atoms with Gasteiger partial charge in [-0.15, -0.1) is 0 Å². The number of benzene rings is 1. The molecule has 0 saturated carbocycles. The molecule has 0 bridgehead atoms. The van der Waals surface area contributed by atoms with E-state index in [4.69, 9.17) is 5.73 Å². The average molecular weight is 316 g/mol. The maximum atomic E-state index is 12.1. The third-order valence-corrected chi connectivity index (χ3v) is 3.98. The van der Waals surface area contributed by atoms with Gasteiger partial charge >= 0.3 is 0 Å². The molecule has 9 nitrogen and oxygen atoms in total. The molecular weight excluding hydrogens is 300 g/mol. The predicted octanol–water partition coefficient (Wildman–Crippen LogP) is 0.180. The Bertz CT molecular complexity index is 644. The first-order valence-corrected chi connectivity index (χ1v) is 7.56. The van der Waals surface area contributed by atoms with Gasteiger partial charge in [-0.2, -0.15) is 0 Å². The molecule has 1 rings (SSSR count). The highest BCUT2D eigenvalue weighted by Gasteiger charge is 2.26. The number of carbonyl (C=O) groups is 1. The van der Waals surface area contributed by atoms with Crippen LogP contribution in [0.4, 0.5) is 11.4 Å². The molecule has 0 saturated heterocycles. The molecule has 1 aromatic carbocycles. The second-order valence-electron chi connectivity index (χ2n) is 4.08. The van der Waals surface area contributed by atoms with Crippen LogP contribution in [-0.2, 0) is 14.8 Å². The molecule has 0 aliphatic rings. The molecule has 116 valence electrons. The largest absolute Gasteiger partial charge is 0.385 e. The summed E-state index contributed by atoms with van der Waals surface area (Å²) < 4.78 is 26.3. The number of anilines is 1. The zero-order valence-corrected chi connectivity index (χ0v) is 12.1. The Hall–Kier alpha value is -2.20. The van der Waals surface area contributed by atoms with Crippen molar-refractivity contribution >= 4 is 27.3 Å². The molecule has 0 fully saturated rings. The second-order valence-corrected chi connectivity index (χ2v) is 5.82. The SMILES string of the molecule is CCNc1ccc([N+](=O)[O-])c(S(=O)(=O)NCCC(N)=O)c1. The number of nitro groups is 1. The molecule has 4 N–H and O–H groups in total. The molecule has 21 heavy (non-hydrogen) atoms. The monoisotopic (exact) mass is 316 g/mol. The zero-order chi connectivity index (χ0) is 16.0. The summed E-state index contributed by atoms with van der Waals surface area (Å²) in [5.41, 5.74) is 4.81. The van der Waals surface area contributed by atoms with Crippen LogP contribution in [0.2, 0.25) is 0 Å². The summed E-state index contributed by atoms with van der Waals surface area (Å²) in [6, 6.07) is 3.71. The summed E-state index contributed by atoms with van der Waals surface area (Å²) in [6.07, 6.45) is -0.195. The van der Waals surface area contributed by atoms with Crippen LogP contribution in [0.5, 0.6) is 0 Å². The van der Waals surface area contributed by atoms with Gasteiger partial charge in [0, 0.05) is 31.3 Å². The van der Waals surface area contributed by atoms with E-state index in [0.29, 0.717) is 12.2 Å². The number of nitrogens with one attached hydrogen (secondary N) is 2. The van der Waals surface area contributed by atoms with Gasteiger partial charge in [-0.3, -0.25) is 14.9 Å². The summed E-state index contributed by atoms with van der Waals surface area (Å²) in [7, 11) is -4.11. The van der Waals surface area contributed by atoms with Crippen LogP contribution in [0.1, 0.15) is 13.3 Å². The van der Waals surface area contributed by atoms with Crippen molar-refractivity contribution in [2.24, 2.45) is 5.73 Å². The molecule has 0 spiro atoms. The summed E-state index contributed by atoms with van der Waals surface area (Å²) in [5.74, 6) is -0.673. The van der Waals surface area contributed by atoms with E-state index < -0.39 is 31.4 Å². The maximum absolute atomic E-state index is 12.1. The van der Waals surface area contributed by atoms with E-state index in [2.05, 4.69) is 10.0 Å². The Morgan fingerprint density at radius 2 is 2.10 bits per heavy atom. The summed E-state index contributed by atoms with van der Waals surface area (Å²) in [4.78, 5) is 20.3. The van der Waals surface area contributed by atoms with E-state index in [1.807, 2.05) is 0 Å². The molecule has 0 heterocycles. The zero-order valence-electron chi connectivity index (χ0n) is 11.3. The number of hydrogen-bond donors (Lipinski definition) is 3. The predicted molar refractivity (Wildman–Crippen MR) is 76.3 cm³/mol. The lowest BCUT2D eigenvalue weighted by molar-refractivity contribution is -0.387. The number of hydrogen-bond acceptors (Lipinski definition) is 6. The van der Waals surface area contributed by atoms with E-state index in [0.717, 1.165) is 6.07 Å². The molecule has 1 amide bonds. The van der Waals surface area contributed by atoms with Gasteiger partial charge in [-0.1, -0.05) is 0 Å². The van der Waals surface area contributed by atoms with Crippen LogP contribution in [0, 0.1) is 10.1 Å². The quantitative estimate of drug-likeness (QED) is 0.461. The topological polar surface area (TPSA) is 144 Å². The van der Waals surface area contributed by atoms with Crippen LogP contribution in [0.15, 0.2) is 23.1 Å². The van der Waals surface area contributed by atoms with Crippen molar-refractivity contribution in [1.82, 2.24) is 4.72 Å². The molecule has 0 aliphatic carbocycles. The Balaban J connectivity index is 3.14. The van der Waals surface area contributed by atoms with Crippen LogP contribution in [0.3, 0.4) is 0 Å². The van der Waals surface area contributed by atoms with Gasteiger partial charge in [0.05, 0.1) is 4.92 Å². The van der Waals surface area contributed by atoms with Crippen molar-refractivity contribution in [3.05, 3.63) is 28.3 Å².